The van der Waals surface area contributed by atoms with Crippen molar-refractivity contribution in [3.8, 4) is 22.6 Å². The zero-order valence-corrected chi connectivity index (χ0v) is 12.8. The maximum atomic E-state index is 11.0. The first kappa shape index (κ1) is 17.3. The first-order valence-electron chi connectivity index (χ1n) is 7.07. The molecule has 0 saturated heterocycles. The van der Waals surface area contributed by atoms with Gasteiger partial charge in [0.05, 0.1) is 0 Å². The summed E-state index contributed by atoms with van der Waals surface area (Å²) < 4.78 is 10.5. The molecule has 0 aliphatic heterocycles. The summed E-state index contributed by atoms with van der Waals surface area (Å²) in [6, 6.07) is 14.5. The van der Waals surface area contributed by atoms with E-state index < -0.39 is 11.8 Å². The summed E-state index contributed by atoms with van der Waals surface area (Å²) in [5.41, 5.74) is 5.92. The van der Waals surface area contributed by atoms with Crippen molar-refractivity contribution in [3.05, 3.63) is 48.5 Å². The quantitative estimate of drug-likeness (QED) is 0.323. The van der Waals surface area contributed by atoms with E-state index in [1.54, 1.807) is 24.3 Å². The van der Waals surface area contributed by atoms with Gasteiger partial charge in [0.1, 0.15) is 11.5 Å². The zero-order chi connectivity index (χ0) is 17.4. The van der Waals surface area contributed by atoms with Crippen LogP contribution in [-0.2, 0) is 9.59 Å². The Kier molecular flexibility index (Phi) is 6.12. The third-order valence-corrected chi connectivity index (χ3v) is 3.10. The Morgan fingerprint density at radius 1 is 0.708 bits per heavy atom. The van der Waals surface area contributed by atoms with Crippen molar-refractivity contribution >= 4 is 11.8 Å². The van der Waals surface area contributed by atoms with Gasteiger partial charge in [0, 0.05) is 0 Å². The molecule has 2 amide bonds. The largest absolute Gasteiger partial charge is 0.484 e. The number of carbonyl (C=O) groups is 2. The molecule has 0 saturated carbocycles. The number of carbonyl (C=O) groups excluding carboxylic acids is 2. The van der Waals surface area contributed by atoms with Gasteiger partial charge in [-0.15, -0.1) is 0 Å². The fourth-order valence-corrected chi connectivity index (χ4v) is 1.87. The van der Waals surface area contributed by atoms with Gasteiger partial charge in [-0.3, -0.25) is 20.4 Å². The van der Waals surface area contributed by atoms with Crippen LogP contribution < -0.4 is 32.0 Å². The Morgan fingerprint density at radius 2 is 1.04 bits per heavy atom. The molecule has 0 atom stereocenters. The minimum absolute atomic E-state index is 0.141. The SMILES string of the molecule is NNC(=O)COc1ccc(-c2ccc(OCC(=O)NN)cc2)cc1. The van der Waals surface area contributed by atoms with E-state index in [1.165, 1.54) is 0 Å². The summed E-state index contributed by atoms with van der Waals surface area (Å²) in [6.07, 6.45) is 0. The minimum atomic E-state index is -0.405. The van der Waals surface area contributed by atoms with Crippen LogP contribution in [0.1, 0.15) is 0 Å². The fourth-order valence-electron chi connectivity index (χ4n) is 1.87. The van der Waals surface area contributed by atoms with E-state index in [2.05, 4.69) is 0 Å². The van der Waals surface area contributed by atoms with Crippen LogP contribution in [-0.4, -0.2) is 25.0 Å². The predicted octanol–water partition coefficient (Wildman–Crippen LogP) is 0.0910. The molecular formula is C16H18N4O4. The van der Waals surface area contributed by atoms with Crippen LogP contribution in [0.25, 0.3) is 11.1 Å². The Labute approximate surface area is 138 Å². The van der Waals surface area contributed by atoms with Crippen molar-refractivity contribution in [2.24, 2.45) is 11.7 Å². The number of benzene rings is 2. The molecule has 2 aromatic rings. The van der Waals surface area contributed by atoms with Gasteiger partial charge in [0.25, 0.3) is 11.8 Å². The average Bonchev–Trinajstić information content (AvgIpc) is 2.65. The third-order valence-electron chi connectivity index (χ3n) is 3.10. The van der Waals surface area contributed by atoms with Crippen LogP contribution in [0, 0.1) is 0 Å². The van der Waals surface area contributed by atoms with Gasteiger partial charge in [0.2, 0.25) is 0 Å². The lowest BCUT2D eigenvalue weighted by atomic mass is 10.1. The minimum Gasteiger partial charge on any atom is -0.484 e. The van der Waals surface area contributed by atoms with Crippen molar-refractivity contribution in [1.82, 2.24) is 10.9 Å². The number of hydrazine groups is 2. The van der Waals surface area contributed by atoms with Crippen LogP contribution in [0.5, 0.6) is 11.5 Å². The van der Waals surface area contributed by atoms with Crippen molar-refractivity contribution in [2.45, 2.75) is 0 Å². The lowest BCUT2D eigenvalue weighted by Crippen LogP contribution is -2.34. The summed E-state index contributed by atoms with van der Waals surface area (Å²) in [5.74, 6) is 10.3. The summed E-state index contributed by atoms with van der Waals surface area (Å²) in [4.78, 5) is 22.0. The third kappa shape index (κ3) is 4.97. The molecule has 0 aliphatic rings. The molecule has 24 heavy (non-hydrogen) atoms. The standard InChI is InChI=1S/C16H18N4O4/c17-19-15(21)9-23-13-5-1-11(2-6-13)12-3-7-14(8-4-12)24-10-16(22)20-18/h1-8H,9-10,17-18H2,(H,19,21)(H,20,22). The van der Waals surface area contributed by atoms with Gasteiger partial charge < -0.3 is 9.47 Å². The van der Waals surface area contributed by atoms with Crippen LogP contribution in [0.3, 0.4) is 0 Å². The van der Waals surface area contributed by atoms with Gasteiger partial charge >= 0.3 is 0 Å². The van der Waals surface area contributed by atoms with Crippen LogP contribution in [0.4, 0.5) is 0 Å². The van der Waals surface area contributed by atoms with Gasteiger partial charge in [-0.25, -0.2) is 11.7 Å². The Bertz CT molecular complexity index is 625. The molecule has 0 spiro atoms. The van der Waals surface area contributed by atoms with Gasteiger partial charge in [0.15, 0.2) is 13.2 Å². The van der Waals surface area contributed by atoms with E-state index >= 15 is 0 Å². The van der Waals surface area contributed by atoms with E-state index in [0.717, 1.165) is 11.1 Å². The molecular weight excluding hydrogens is 312 g/mol. The fraction of sp³-hybridized carbons (Fsp3) is 0.125. The lowest BCUT2D eigenvalue weighted by molar-refractivity contribution is -0.123. The molecule has 6 N–H and O–H groups in total. The van der Waals surface area contributed by atoms with Crippen LogP contribution in [0.2, 0.25) is 0 Å². The highest BCUT2D eigenvalue weighted by atomic mass is 16.5. The maximum Gasteiger partial charge on any atom is 0.271 e. The van der Waals surface area contributed by atoms with E-state index in [9.17, 15) is 9.59 Å². The molecule has 2 aromatic carbocycles. The smallest absolute Gasteiger partial charge is 0.271 e. The second-order valence-corrected chi connectivity index (χ2v) is 4.76. The summed E-state index contributed by atoms with van der Waals surface area (Å²) >= 11 is 0. The normalized spacial score (nSPS) is 9.92. The zero-order valence-electron chi connectivity index (χ0n) is 12.8. The van der Waals surface area contributed by atoms with Crippen molar-refractivity contribution in [2.75, 3.05) is 13.2 Å². The van der Waals surface area contributed by atoms with Gasteiger partial charge in [-0.2, -0.15) is 0 Å². The van der Waals surface area contributed by atoms with Crippen molar-refractivity contribution in [3.63, 3.8) is 0 Å². The molecule has 0 bridgehead atoms. The molecule has 0 fully saturated rings. The number of hydrogen-bond donors (Lipinski definition) is 4. The summed E-state index contributed by atoms with van der Waals surface area (Å²) in [6.45, 7) is -0.281. The second-order valence-electron chi connectivity index (χ2n) is 4.76. The lowest BCUT2D eigenvalue weighted by Gasteiger charge is -2.08. The molecule has 2 rings (SSSR count). The average molecular weight is 330 g/mol. The van der Waals surface area contributed by atoms with Crippen molar-refractivity contribution in [1.29, 1.82) is 0 Å². The topological polar surface area (TPSA) is 129 Å². The number of nitrogens with two attached hydrogens (primary N) is 2. The first-order chi connectivity index (χ1) is 11.6. The maximum absolute atomic E-state index is 11.0. The first-order valence-corrected chi connectivity index (χ1v) is 7.07. The van der Waals surface area contributed by atoms with Gasteiger partial charge in [-0.1, -0.05) is 24.3 Å². The highest BCUT2D eigenvalue weighted by molar-refractivity contribution is 5.77. The number of ether oxygens (including phenoxy) is 2. The monoisotopic (exact) mass is 330 g/mol. The molecule has 0 heterocycles. The highest BCUT2D eigenvalue weighted by Crippen LogP contribution is 2.24. The molecule has 0 radical (unpaired) electrons. The number of amides is 2. The molecule has 8 heteroatoms. The van der Waals surface area contributed by atoms with E-state index in [-0.39, 0.29) is 13.2 Å². The predicted molar refractivity (Wildman–Crippen MR) is 87.5 cm³/mol. The summed E-state index contributed by atoms with van der Waals surface area (Å²) in [5, 5.41) is 0. The molecule has 0 aromatic heterocycles. The van der Waals surface area contributed by atoms with Gasteiger partial charge in [-0.05, 0) is 35.4 Å². The number of nitrogens with one attached hydrogen (secondary N) is 2. The van der Waals surface area contributed by atoms with E-state index in [0.29, 0.717) is 11.5 Å². The van der Waals surface area contributed by atoms with Crippen LogP contribution >= 0.6 is 0 Å². The Balaban J connectivity index is 1.96. The van der Waals surface area contributed by atoms with Crippen LogP contribution in [0.15, 0.2) is 48.5 Å². The van der Waals surface area contributed by atoms with E-state index in [1.807, 2.05) is 35.1 Å². The van der Waals surface area contributed by atoms with E-state index in [4.69, 9.17) is 21.2 Å². The second kappa shape index (κ2) is 8.51. The molecule has 126 valence electrons. The molecule has 0 aliphatic carbocycles. The Hall–Kier alpha value is -3.10. The Morgan fingerprint density at radius 3 is 1.33 bits per heavy atom. The van der Waals surface area contributed by atoms with Crippen molar-refractivity contribution < 1.29 is 19.1 Å². The summed E-state index contributed by atoms with van der Waals surface area (Å²) in [7, 11) is 0. The highest BCUT2D eigenvalue weighted by Gasteiger charge is 2.03. The molecule has 0 unspecified atom stereocenters. The number of hydrogen-bond acceptors (Lipinski definition) is 6. The molecule has 8 nitrogen and oxygen atoms in total. The number of rotatable bonds is 7.